The largest absolute Gasteiger partial charge is 0.308 e. The van der Waals surface area contributed by atoms with E-state index >= 15 is 4.57 Å². The van der Waals surface area contributed by atoms with Crippen molar-refractivity contribution < 1.29 is 4.57 Å². The Morgan fingerprint density at radius 2 is 1.04 bits per heavy atom. The molecule has 1 aromatic heterocycles. The van der Waals surface area contributed by atoms with Crippen molar-refractivity contribution in [1.82, 2.24) is 9.55 Å². The van der Waals surface area contributed by atoms with Gasteiger partial charge in [0.1, 0.15) is 5.82 Å². The number of hydrogen-bond acceptors (Lipinski definition) is 2. The highest BCUT2D eigenvalue weighted by molar-refractivity contribution is 7.86. The molecule has 4 heteroatoms. The normalized spacial score (nSPS) is 14.9. The van der Waals surface area contributed by atoms with Crippen molar-refractivity contribution in [1.29, 1.82) is 0 Å². The summed E-state index contributed by atoms with van der Waals surface area (Å²) in [7, 11) is -3.36. The van der Waals surface area contributed by atoms with E-state index < -0.39 is 7.14 Å². The molecule has 3 nitrogen and oxygen atoms in total. The second kappa shape index (κ2) is 11.5. The van der Waals surface area contributed by atoms with E-state index in [1.807, 2.05) is 66.7 Å². The Labute approximate surface area is 306 Å². The Kier molecular flexibility index (Phi) is 6.53. The van der Waals surface area contributed by atoms with Crippen molar-refractivity contribution in [3.63, 3.8) is 0 Å². The molecule has 1 aliphatic heterocycles. The zero-order chi connectivity index (χ0) is 35.1. The lowest BCUT2D eigenvalue weighted by molar-refractivity contribution is 0.592. The molecule has 2 heterocycles. The summed E-state index contributed by atoms with van der Waals surface area (Å²) < 4.78 is 18.5. The molecule has 0 amide bonds. The van der Waals surface area contributed by atoms with Crippen LogP contribution in [0, 0.1) is 0 Å². The highest BCUT2D eigenvalue weighted by Crippen LogP contribution is 2.52. The summed E-state index contributed by atoms with van der Waals surface area (Å²) in [6.07, 6.45) is 0. The van der Waals surface area contributed by atoms with Gasteiger partial charge in [0.2, 0.25) is 0 Å². The van der Waals surface area contributed by atoms with E-state index in [1.165, 1.54) is 32.7 Å². The quantitative estimate of drug-likeness (QED) is 0.136. The average molecular weight is 695 g/mol. The lowest BCUT2D eigenvalue weighted by atomic mass is 9.85. The summed E-state index contributed by atoms with van der Waals surface area (Å²) >= 11 is 0. The van der Waals surface area contributed by atoms with Gasteiger partial charge >= 0.3 is 0 Å². The minimum Gasteiger partial charge on any atom is -0.308 e. The Morgan fingerprint density at radius 3 is 1.75 bits per heavy atom. The first-order chi connectivity index (χ1) is 26.2. The van der Waals surface area contributed by atoms with Crippen LogP contribution < -0.4 is 15.9 Å². The van der Waals surface area contributed by atoms with Crippen molar-refractivity contribution in [2.75, 3.05) is 0 Å². The van der Waals surface area contributed by atoms with E-state index in [0.717, 1.165) is 65.9 Å². The van der Waals surface area contributed by atoms with E-state index in [9.17, 15) is 0 Å². The molecule has 1 aliphatic rings. The zero-order valence-electron chi connectivity index (χ0n) is 28.6. The Balaban J connectivity index is 1.25. The Bertz CT molecular complexity index is 3080. The van der Waals surface area contributed by atoms with Gasteiger partial charge in [0.15, 0.2) is 7.14 Å². The van der Waals surface area contributed by atoms with Crippen LogP contribution in [-0.4, -0.2) is 9.55 Å². The summed E-state index contributed by atoms with van der Waals surface area (Å²) in [6.45, 7) is 0. The fourth-order valence-corrected chi connectivity index (χ4v) is 11.8. The van der Waals surface area contributed by atoms with Crippen LogP contribution in [0.3, 0.4) is 0 Å². The third-order valence-electron chi connectivity index (χ3n) is 11.0. The maximum absolute atomic E-state index is 16.2. The summed E-state index contributed by atoms with van der Waals surface area (Å²) in [5.41, 5.74) is 8.29. The number of hydrogen-bond donors (Lipinski definition) is 0. The first-order valence-electron chi connectivity index (χ1n) is 18.0. The number of aromatic nitrogens is 2. The minimum absolute atomic E-state index is 0.820. The molecule has 9 aromatic carbocycles. The van der Waals surface area contributed by atoms with E-state index in [-0.39, 0.29) is 0 Å². The number of nitrogens with zero attached hydrogens (tertiary/aromatic N) is 2. The fourth-order valence-electron chi connectivity index (χ4n) is 8.72. The predicted octanol–water partition coefficient (Wildman–Crippen LogP) is 11.4. The monoisotopic (exact) mass is 694 g/mol. The fraction of sp³-hybridized carbons (Fsp3) is 0. The van der Waals surface area contributed by atoms with Gasteiger partial charge in [-0.25, -0.2) is 4.98 Å². The van der Waals surface area contributed by atoms with Gasteiger partial charge in [-0.2, -0.15) is 0 Å². The molecule has 0 aliphatic carbocycles. The number of para-hydroxylation sites is 1. The molecule has 10 aromatic rings. The van der Waals surface area contributed by atoms with Gasteiger partial charge in [-0.1, -0.05) is 164 Å². The summed E-state index contributed by atoms with van der Waals surface area (Å²) in [6, 6.07) is 65.7. The third-order valence-corrected chi connectivity index (χ3v) is 14.1. The van der Waals surface area contributed by atoms with Crippen LogP contribution in [0.15, 0.2) is 188 Å². The molecule has 248 valence electrons. The maximum Gasteiger partial charge on any atom is 0.175 e. The molecule has 0 bridgehead atoms. The van der Waals surface area contributed by atoms with Gasteiger partial charge in [-0.3, -0.25) is 4.57 Å². The van der Waals surface area contributed by atoms with Gasteiger partial charge in [0.05, 0.1) is 16.7 Å². The maximum atomic E-state index is 16.2. The summed E-state index contributed by atoms with van der Waals surface area (Å²) in [4.78, 5) is 5.18. The van der Waals surface area contributed by atoms with E-state index in [0.29, 0.717) is 0 Å². The SMILES string of the molecule is O=P1(c2ccccc2)c2cc(-c3c4ccccc4c(-c4cccc5ccccc45)c4ccccc34)ccc2-n2c(-c3ccccc3)nc3cccc1c32. The molecule has 53 heavy (non-hydrogen) atoms. The molecule has 0 N–H and O–H groups in total. The standard InChI is InChI=1S/C49H31N2OP/c52-53(35-19-5-2-6-20-35)44-28-14-27-42-48(44)51(49(50-42)33-16-3-1-4-17-33)43-30-29-34(31-45(43)53)46-38-22-9-11-24-40(38)47(41-25-12-10-23-39(41)46)37-26-13-18-32-15-7-8-21-36(32)37/h1-31H. The molecular weight excluding hydrogens is 664 g/mol. The molecule has 0 saturated heterocycles. The highest BCUT2D eigenvalue weighted by atomic mass is 31.2. The van der Waals surface area contributed by atoms with Crippen molar-refractivity contribution in [2.24, 2.45) is 0 Å². The van der Waals surface area contributed by atoms with E-state index in [2.05, 4.69) is 126 Å². The van der Waals surface area contributed by atoms with Gasteiger partial charge in [-0.05, 0) is 78.8 Å². The lowest BCUT2D eigenvalue weighted by Crippen LogP contribution is -2.33. The third kappa shape index (κ3) is 4.29. The van der Waals surface area contributed by atoms with Gasteiger partial charge < -0.3 is 4.57 Å². The highest BCUT2D eigenvalue weighted by Gasteiger charge is 2.40. The molecule has 0 fully saturated rings. The zero-order valence-corrected chi connectivity index (χ0v) is 29.5. The van der Waals surface area contributed by atoms with Crippen LogP contribution in [-0.2, 0) is 4.57 Å². The summed E-state index contributed by atoms with van der Waals surface area (Å²) in [5.74, 6) is 0.844. The second-order valence-electron chi connectivity index (χ2n) is 13.8. The first-order valence-corrected chi connectivity index (χ1v) is 19.7. The minimum atomic E-state index is -3.36. The molecule has 1 unspecified atom stereocenters. The van der Waals surface area contributed by atoms with Gasteiger partial charge in [0.25, 0.3) is 0 Å². The lowest BCUT2D eigenvalue weighted by Gasteiger charge is -2.30. The molecule has 11 rings (SSSR count). The molecular formula is C49H31N2OP. The van der Waals surface area contributed by atoms with Crippen molar-refractivity contribution >= 4 is 66.4 Å². The van der Waals surface area contributed by atoms with Crippen LogP contribution in [0.1, 0.15) is 0 Å². The van der Waals surface area contributed by atoms with Crippen molar-refractivity contribution in [3.05, 3.63) is 188 Å². The molecule has 1 atom stereocenters. The van der Waals surface area contributed by atoms with E-state index in [1.54, 1.807) is 0 Å². The van der Waals surface area contributed by atoms with Gasteiger partial charge in [-0.15, -0.1) is 0 Å². The van der Waals surface area contributed by atoms with Crippen LogP contribution in [0.4, 0.5) is 0 Å². The van der Waals surface area contributed by atoms with Crippen molar-refractivity contribution in [2.45, 2.75) is 0 Å². The number of rotatable bonds is 4. The predicted molar refractivity (Wildman–Crippen MR) is 223 cm³/mol. The van der Waals surface area contributed by atoms with Crippen LogP contribution in [0.2, 0.25) is 0 Å². The second-order valence-corrected chi connectivity index (χ2v) is 16.5. The number of fused-ring (bicyclic) bond motifs is 5. The molecule has 0 saturated carbocycles. The molecule has 0 radical (unpaired) electrons. The smallest absolute Gasteiger partial charge is 0.175 e. The van der Waals surface area contributed by atoms with Gasteiger partial charge in [0, 0.05) is 21.5 Å². The number of benzene rings is 9. The summed E-state index contributed by atoms with van der Waals surface area (Å²) in [5, 5.41) is 9.62. The average Bonchev–Trinajstić information content (AvgIpc) is 3.62. The Hall–Kier alpha value is -6.54. The Morgan fingerprint density at radius 1 is 0.453 bits per heavy atom. The van der Waals surface area contributed by atoms with Crippen LogP contribution in [0.25, 0.3) is 82.7 Å². The number of imidazole rings is 1. The van der Waals surface area contributed by atoms with Crippen LogP contribution >= 0.6 is 7.14 Å². The van der Waals surface area contributed by atoms with E-state index in [4.69, 9.17) is 4.98 Å². The topological polar surface area (TPSA) is 34.9 Å². The van der Waals surface area contributed by atoms with Crippen LogP contribution in [0.5, 0.6) is 0 Å². The van der Waals surface area contributed by atoms with Crippen molar-refractivity contribution in [3.8, 4) is 39.3 Å². The first kappa shape index (κ1) is 30.1. The molecule has 0 spiro atoms.